The molecule has 0 aliphatic rings. The maximum Gasteiger partial charge on any atom is 0.259 e. The maximum atomic E-state index is 12.4. The number of amides is 1. The number of aryl methyl sites for hydroxylation is 1. The minimum absolute atomic E-state index is 0.236. The van der Waals surface area contributed by atoms with Crippen LogP contribution in [0.3, 0.4) is 0 Å². The SMILES string of the molecule is CCCCc1ccc(NC(=O)c2cc(Cl)ccc2OC)cc1. The second-order valence-electron chi connectivity index (χ2n) is 5.10. The predicted octanol–water partition coefficient (Wildman–Crippen LogP) is 4.94. The van der Waals surface area contributed by atoms with Crippen molar-refractivity contribution in [3.8, 4) is 5.75 Å². The lowest BCUT2D eigenvalue weighted by Gasteiger charge is -2.10. The third-order valence-electron chi connectivity index (χ3n) is 3.44. The van der Waals surface area contributed by atoms with E-state index in [1.807, 2.05) is 24.3 Å². The molecule has 3 nitrogen and oxygen atoms in total. The highest BCUT2D eigenvalue weighted by Crippen LogP contribution is 2.24. The molecular formula is C18H20ClNO2. The molecule has 2 rings (SSSR count). The molecule has 0 unspecified atom stereocenters. The van der Waals surface area contributed by atoms with Gasteiger partial charge in [-0.25, -0.2) is 0 Å². The average molecular weight is 318 g/mol. The van der Waals surface area contributed by atoms with E-state index in [-0.39, 0.29) is 5.91 Å². The summed E-state index contributed by atoms with van der Waals surface area (Å²) in [5.41, 5.74) is 2.46. The van der Waals surface area contributed by atoms with E-state index in [1.54, 1.807) is 18.2 Å². The highest BCUT2D eigenvalue weighted by Gasteiger charge is 2.13. The van der Waals surface area contributed by atoms with Crippen LogP contribution in [0.15, 0.2) is 42.5 Å². The van der Waals surface area contributed by atoms with Gasteiger partial charge in [-0.1, -0.05) is 37.1 Å². The molecule has 1 N–H and O–H groups in total. The molecule has 0 aromatic heterocycles. The molecule has 116 valence electrons. The Morgan fingerprint density at radius 3 is 2.55 bits per heavy atom. The van der Waals surface area contributed by atoms with Gasteiger partial charge >= 0.3 is 0 Å². The molecular weight excluding hydrogens is 298 g/mol. The van der Waals surface area contributed by atoms with Crippen molar-refractivity contribution >= 4 is 23.2 Å². The largest absolute Gasteiger partial charge is 0.496 e. The van der Waals surface area contributed by atoms with E-state index in [2.05, 4.69) is 12.2 Å². The number of halogens is 1. The fourth-order valence-corrected chi connectivity index (χ4v) is 2.36. The molecule has 0 heterocycles. The molecule has 0 atom stereocenters. The first-order valence-corrected chi connectivity index (χ1v) is 7.75. The average Bonchev–Trinajstić information content (AvgIpc) is 2.54. The lowest BCUT2D eigenvalue weighted by Crippen LogP contribution is -2.13. The van der Waals surface area contributed by atoms with Crippen LogP contribution in [-0.2, 0) is 6.42 Å². The molecule has 0 saturated carbocycles. The fraction of sp³-hybridized carbons (Fsp3) is 0.278. The summed E-state index contributed by atoms with van der Waals surface area (Å²) >= 11 is 5.95. The second kappa shape index (κ2) is 7.85. The topological polar surface area (TPSA) is 38.3 Å². The molecule has 0 spiro atoms. The summed E-state index contributed by atoms with van der Waals surface area (Å²) in [7, 11) is 1.53. The van der Waals surface area contributed by atoms with Crippen LogP contribution < -0.4 is 10.1 Å². The molecule has 2 aromatic rings. The molecule has 0 aliphatic carbocycles. The van der Waals surface area contributed by atoms with Crippen molar-refractivity contribution in [3.05, 3.63) is 58.6 Å². The first-order chi connectivity index (χ1) is 10.6. The molecule has 0 bridgehead atoms. The number of benzene rings is 2. The molecule has 0 fully saturated rings. The van der Waals surface area contributed by atoms with Crippen LogP contribution in [0.4, 0.5) is 5.69 Å². The minimum Gasteiger partial charge on any atom is -0.496 e. The van der Waals surface area contributed by atoms with E-state index >= 15 is 0 Å². The molecule has 0 saturated heterocycles. The van der Waals surface area contributed by atoms with Crippen molar-refractivity contribution in [1.29, 1.82) is 0 Å². The number of ether oxygens (including phenoxy) is 1. The summed E-state index contributed by atoms with van der Waals surface area (Å²) in [4.78, 5) is 12.4. The third kappa shape index (κ3) is 4.25. The van der Waals surface area contributed by atoms with Gasteiger partial charge in [0.05, 0.1) is 12.7 Å². The molecule has 4 heteroatoms. The van der Waals surface area contributed by atoms with Crippen LogP contribution in [0.2, 0.25) is 5.02 Å². The number of methoxy groups -OCH3 is 1. The Bertz CT molecular complexity index is 638. The minimum atomic E-state index is -0.236. The number of carbonyl (C=O) groups excluding carboxylic acids is 1. The number of anilines is 1. The van der Waals surface area contributed by atoms with Gasteiger partial charge in [0.25, 0.3) is 5.91 Å². The van der Waals surface area contributed by atoms with E-state index in [9.17, 15) is 4.79 Å². The van der Waals surface area contributed by atoms with Gasteiger partial charge in [-0.3, -0.25) is 4.79 Å². The van der Waals surface area contributed by atoms with Gasteiger partial charge in [-0.15, -0.1) is 0 Å². The van der Waals surface area contributed by atoms with Crippen molar-refractivity contribution in [1.82, 2.24) is 0 Å². The van der Waals surface area contributed by atoms with E-state index in [0.717, 1.165) is 12.1 Å². The second-order valence-corrected chi connectivity index (χ2v) is 5.54. The fourth-order valence-electron chi connectivity index (χ4n) is 2.19. The highest BCUT2D eigenvalue weighted by atomic mass is 35.5. The molecule has 0 radical (unpaired) electrons. The number of hydrogen-bond acceptors (Lipinski definition) is 2. The van der Waals surface area contributed by atoms with E-state index in [1.165, 1.54) is 25.5 Å². The van der Waals surface area contributed by atoms with Gasteiger partial charge in [0.2, 0.25) is 0 Å². The van der Waals surface area contributed by atoms with Crippen LogP contribution in [-0.4, -0.2) is 13.0 Å². The number of carbonyl (C=O) groups is 1. The predicted molar refractivity (Wildman–Crippen MR) is 91.0 cm³/mol. The van der Waals surface area contributed by atoms with Crippen molar-refractivity contribution in [2.75, 3.05) is 12.4 Å². The lowest BCUT2D eigenvalue weighted by molar-refractivity contribution is 0.102. The monoisotopic (exact) mass is 317 g/mol. The van der Waals surface area contributed by atoms with Crippen molar-refractivity contribution in [2.45, 2.75) is 26.2 Å². The van der Waals surface area contributed by atoms with Gasteiger partial charge in [0.1, 0.15) is 5.75 Å². The zero-order chi connectivity index (χ0) is 15.9. The van der Waals surface area contributed by atoms with Gasteiger partial charge in [-0.05, 0) is 48.7 Å². The molecule has 1 amide bonds. The van der Waals surface area contributed by atoms with Gasteiger partial charge in [0.15, 0.2) is 0 Å². The van der Waals surface area contributed by atoms with Gasteiger partial charge in [-0.2, -0.15) is 0 Å². The van der Waals surface area contributed by atoms with Crippen LogP contribution in [0.1, 0.15) is 35.7 Å². The van der Waals surface area contributed by atoms with Crippen molar-refractivity contribution in [3.63, 3.8) is 0 Å². The first-order valence-electron chi connectivity index (χ1n) is 7.38. The van der Waals surface area contributed by atoms with Gasteiger partial charge in [0, 0.05) is 10.7 Å². The van der Waals surface area contributed by atoms with Crippen molar-refractivity contribution in [2.24, 2.45) is 0 Å². The number of hydrogen-bond donors (Lipinski definition) is 1. The summed E-state index contributed by atoms with van der Waals surface area (Å²) in [6.07, 6.45) is 3.41. The van der Waals surface area contributed by atoms with E-state index < -0.39 is 0 Å². The third-order valence-corrected chi connectivity index (χ3v) is 3.67. The Morgan fingerprint density at radius 1 is 1.18 bits per heavy atom. The summed E-state index contributed by atoms with van der Waals surface area (Å²) in [5, 5.41) is 3.37. The highest BCUT2D eigenvalue weighted by molar-refractivity contribution is 6.31. The van der Waals surface area contributed by atoms with Crippen LogP contribution in [0.25, 0.3) is 0 Å². The van der Waals surface area contributed by atoms with Crippen LogP contribution in [0.5, 0.6) is 5.75 Å². The zero-order valence-electron chi connectivity index (χ0n) is 12.9. The van der Waals surface area contributed by atoms with E-state index in [4.69, 9.17) is 16.3 Å². The first kappa shape index (κ1) is 16.4. The maximum absolute atomic E-state index is 12.4. The number of nitrogens with one attached hydrogen (secondary N) is 1. The Balaban J connectivity index is 2.10. The number of unbranched alkanes of at least 4 members (excludes halogenated alkanes) is 1. The van der Waals surface area contributed by atoms with Crippen LogP contribution >= 0.6 is 11.6 Å². The van der Waals surface area contributed by atoms with Crippen LogP contribution in [0, 0.1) is 0 Å². The zero-order valence-corrected chi connectivity index (χ0v) is 13.6. The Hall–Kier alpha value is -2.00. The molecule has 22 heavy (non-hydrogen) atoms. The summed E-state index contributed by atoms with van der Waals surface area (Å²) in [5.74, 6) is 0.266. The molecule has 0 aliphatic heterocycles. The Kier molecular flexibility index (Phi) is 5.84. The number of rotatable bonds is 6. The quantitative estimate of drug-likeness (QED) is 0.819. The smallest absolute Gasteiger partial charge is 0.259 e. The van der Waals surface area contributed by atoms with E-state index in [0.29, 0.717) is 16.3 Å². The summed E-state index contributed by atoms with van der Waals surface area (Å²) in [6.45, 7) is 2.17. The Morgan fingerprint density at radius 2 is 1.91 bits per heavy atom. The standard InChI is InChI=1S/C18H20ClNO2/c1-3-4-5-13-6-9-15(10-7-13)20-18(21)16-12-14(19)8-11-17(16)22-2/h6-12H,3-5H2,1-2H3,(H,20,21). The summed E-state index contributed by atoms with van der Waals surface area (Å²) in [6, 6.07) is 12.9. The Labute approximate surface area is 136 Å². The normalized spacial score (nSPS) is 10.3. The van der Waals surface area contributed by atoms with Gasteiger partial charge < -0.3 is 10.1 Å². The lowest BCUT2D eigenvalue weighted by atomic mass is 10.1. The summed E-state index contributed by atoms with van der Waals surface area (Å²) < 4.78 is 5.20. The van der Waals surface area contributed by atoms with Crippen molar-refractivity contribution < 1.29 is 9.53 Å². The molecule has 2 aromatic carbocycles.